The van der Waals surface area contributed by atoms with Gasteiger partial charge in [-0.1, -0.05) is 20.8 Å². The second kappa shape index (κ2) is 5.31. The Bertz CT molecular complexity index is 505. The summed E-state index contributed by atoms with van der Waals surface area (Å²) in [6.07, 6.45) is 12.1. The van der Waals surface area contributed by atoms with Crippen molar-refractivity contribution in [2.75, 3.05) is 0 Å². The molecule has 0 radical (unpaired) electrons. The van der Waals surface area contributed by atoms with Gasteiger partial charge in [0.05, 0.1) is 5.01 Å². The molecule has 0 aliphatic heterocycles. The van der Waals surface area contributed by atoms with Crippen LogP contribution in [0.4, 0.5) is 0 Å². The summed E-state index contributed by atoms with van der Waals surface area (Å²) in [5, 5.41) is 5.29. The van der Waals surface area contributed by atoms with Crippen molar-refractivity contribution < 1.29 is 0 Å². The fourth-order valence-electron chi connectivity index (χ4n) is 5.57. The Balaban J connectivity index is 1.39. The summed E-state index contributed by atoms with van der Waals surface area (Å²) in [5.74, 6) is 3.07. The van der Waals surface area contributed by atoms with Crippen molar-refractivity contribution in [3.63, 3.8) is 0 Å². The van der Waals surface area contributed by atoms with Crippen molar-refractivity contribution in [2.45, 2.75) is 77.8 Å². The predicted molar refractivity (Wildman–Crippen MR) is 93.0 cm³/mol. The van der Waals surface area contributed by atoms with E-state index in [-0.39, 0.29) is 0 Å². The van der Waals surface area contributed by atoms with Crippen LogP contribution in [-0.2, 0) is 13.0 Å². The van der Waals surface area contributed by atoms with Gasteiger partial charge in [0.1, 0.15) is 0 Å². The van der Waals surface area contributed by atoms with Crippen molar-refractivity contribution in [2.24, 2.45) is 23.2 Å². The van der Waals surface area contributed by atoms with Crippen molar-refractivity contribution in [1.82, 2.24) is 10.3 Å². The van der Waals surface area contributed by atoms with E-state index in [2.05, 4.69) is 37.3 Å². The van der Waals surface area contributed by atoms with Crippen LogP contribution in [0.3, 0.4) is 0 Å². The zero-order chi connectivity index (χ0) is 15.4. The standard InChI is InChI=1S/C19H30N2S/c1-18(2,3)10-17-20-11-16(22-17)12-21-19-7-13-4-14(8-19)6-15(5-13)9-19/h11,13-15,21H,4-10,12H2,1-3H3. The van der Waals surface area contributed by atoms with Gasteiger partial charge in [-0.05, 0) is 61.7 Å². The fraction of sp³-hybridized carbons (Fsp3) is 0.842. The number of hydrogen-bond acceptors (Lipinski definition) is 3. The van der Waals surface area contributed by atoms with Gasteiger partial charge in [0.25, 0.3) is 0 Å². The first-order valence-electron chi connectivity index (χ1n) is 9.08. The molecule has 3 heteroatoms. The first kappa shape index (κ1) is 15.1. The summed E-state index contributed by atoms with van der Waals surface area (Å²) in [6, 6.07) is 0. The Morgan fingerprint density at radius 2 is 1.73 bits per heavy atom. The van der Waals surface area contributed by atoms with Crippen LogP contribution in [0.15, 0.2) is 6.20 Å². The van der Waals surface area contributed by atoms with Gasteiger partial charge in [-0.3, -0.25) is 0 Å². The SMILES string of the molecule is CC(C)(C)Cc1ncc(CNC23CC4CC(CC(C4)C2)C3)s1. The minimum atomic E-state index is 0.336. The lowest BCUT2D eigenvalue weighted by Gasteiger charge is -2.57. The molecule has 4 aliphatic carbocycles. The summed E-state index contributed by atoms with van der Waals surface area (Å²) in [6.45, 7) is 7.92. The average molecular weight is 319 g/mol. The maximum atomic E-state index is 4.65. The van der Waals surface area contributed by atoms with Crippen LogP contribution in [0, 0.1) is 23.2 Å². The van der Waals surface area contributed by atoms with Crippen LogP contribution < -0.4 is 5.32 Å². The molecule has 0 atom stereocenters. The van der Waals surface area contributed by atoms with E-state index in [1.54, 1.807) is 0 Å². The first-order valence-corrected chi connectivity index (χ1v) is 9.89. The van der Waals surface area contributed by atoms with Gasteiger partial charge in [-0.25, -0.2) is 4.98 Å². The zero-order valence-electron chi connectivity index (χ0n) is 14.3. The first-order chi connectivity index (χ1) is 10.4. The molecule has 2 nitrogen and oxygen atoms in total. The molecule has 0 unspecified atom stereocenters. The van der Waals surface area contributed by atoms with Crippen LogP contribution in [0.2, 0.25) is 0 Å². The van der Waals surface area contributed by atoms with E-state index in [4.69, 9.17) is 0 Å². The summed E-state index contributed by atoms with van der Waals surface area (Å²) in [4.78, 5) is 6.07. The van der Waals surface area contributed by atoms with Gasteiger partial charge in [0.15, 0.2) is 0 Å². The molecule has 5 rings (SSSR count). The van der Waals surface area contributed by atoms with E-state index >= 15 is 0 Å². The second-order valence-electron chi connectivity index (χ2n) is 9.51. The Hall–Kier alpha value is -0.410. The molecule has 1 heterocycles. The van der Waals surface area contributed by atoms with Gasteiger partial charge in [0, 0.05) is 29.6 Å². The van der Waals surface area contributed by atoms with Crippen molar-refractivity contribution in [1.29, 1.82) is 0 Å². The number of aromatic nitrogens is 1. The number of nitrogens with zero attached hydrogens (tertiary/aromatic N) is 1. The number of hydrogen-bond donors (Lipinski definition) is 1. The van der Waals surface area contributed by atoms with Crippen molar-refractivity contribution in [3.05, 3.63) is 16.1 Å². The van der Waals surface area contributed by atoms with Crippen LogP contribution in [0.1, 0.15) is 69.2 Å². The molecule has 1 aromatic rings. The molecule has 1 aromatic heterocycles. The molecular formula is C19H30N2S. The lowest BCUT2D eigenvalue weighted by Crippen LogP contribution is -2.58. The average Bonchev–Trinajstić information content (AvgIpc) is 2.80. The van der Waals surface area contributed by atoms with Gasteiger partial charge in [-0.2, -0.15) is 0 Å². The minimum absolute atomic E-state index is 0.336. The molecule has 4 saturated carbocycles. The van der Waals surface area contributed by atoms with E-state index < -0.39 is 0 Å². The highest BCUT2D eigenvalue weighted by molar-refractivity contribution is 7.11. The van der Waals surface area contributed by atoms with E-state index in [0.717, 1.165) is 30.7 Å². The molecule has 0 aromatic carbocycles. The maximum Gasteiger partial charge on any atom is 0.0933 e. The number of thiazole rings is 1. The Morgan fingerprint density at radius 1 is 1.14 bits per heavy atom. The molecule has 22 heavy (non-hydrogen) atoms. The minimum Gasteiger partial charge on any atom is -0.306 e. The smallest absolute Gasteiger partial charge is 0.0933 e. The Morgan fingerprint density at radius 3 is 2.27 bits per heavy atom. The van der Waals surface area contributed by atoms with Crippen LogP contribution >= 0.6 is 11.3 Å². The molecule has 0 spiro atoms. The van der Waals surface area contributed by atoms with Crippen LogP contribution in [-0.4, -0.2) is 10.5 Å². The van der Waals surface area contributed by atoms with E-state index in [9.17, 15) is 0 Å². The highest BCUT2D eigenvalue weighted by atomic mass is 32.1. The summed E-state index contributed by atoms with van der Waals surface area (Å²) in [7, 11) is 0. The predicted octanol–water partition coefficient (Wildman–Crippen LogP) is 4.79. The van der Waals surface area contributed by atoms with Crippen molar-refractivity contribution >= 4 is 11.3 Å². The molecule has 0 amide bonds. The molecule has 4 aliphatic rings. The second-order valence-corrected chi connectivity index (χ2v) is 10.7. The largest absolute Gasteiger partial charge is 0.306 e. The number of rotatable bonds is 4. The third kappa shape index (κ3) is 3.12. The Kier molecular flexibility index (Phi) is 3.65. The van der Waals surface area contributed by atoms with Crippen LogP contribution in [0.25, 0.3) is 0 Å². The third-order valence-electron chi connectivity index (χ3n) is 5.96. The molecule has 0 saturated heterocycles. The molecular weight excluding hydrogens is 288 g/mol. The maximum absolute atomic E-state index is 4.65. The number of nitrogens with one attached hydrogen (secondary N) is 1. The monoisotopic (exact) mass is 318 g/mol. The molecule has 4 bridgehead atoms. The van der Waals surface area contributed by atoms with Crippen molar-refractivity contribution in [3.8, 4) is 0 Å². The highest BCUT2D eigenvalue weighted by Gasteiger charge is 2.50. The summed E-state index contributed by atoms with van der Waals surface area (Å²) >= 11 is 1.91. The molecule has 4 fully saturated rings. The van der Waals surface area contributed by atoms with E-state index in [0.29, 0.717) is 11.0 Å². The van der Waals surface area contributed by atoms with E-state index in [1.807, 2.05) is 11.3 Å². The van der Waals surface area contributed by atoms with E-state index in [1.165, 1.54) is 48.4 Å². The lowest BCUT2D eigenvalue weighted by molar-refractivity contribution is -0.0204. The van der Waals surface area contributed by atoms with Gasteiger partial charge in [0.2, 0.25) is 0 Å². The fourth-order valence-corrected chi connectivity index (χ4v) is 6.73. The summed E-state index contributed by atoms with van der Waals surface area (Å²) < 4.78 is 0. The van der Waals surface area contributed by atoms with Crippen LogP contribution in [0.5, 0.6) is 0 Å². The summed E-state index contributed by atoms with van der Waals surface area (Å²) in [5.41, 5.74) is 0.811. The quantitative estimate of drug-likeness (QED) is 0.863. The Labute approximate surface area is 139 Å². The van der Waals surface area contributed by atoms with Gasteiger partial charge >= 0.3 is 0 Å². The topological polar surface area (TPSA) is 24.9 Å². The van der Waals surface area contributed by atoms with Gasteiger partial charge in [-0.15, -0.1) is 11.3 Å². The zero-order valence-corrected chi connectivity index (χ0v) is 15.1. The molecule has 1 N–H and O–H groups in total. The molecule has 122 valence electrons. The third-order valence-corrected chi connectivity index (χ3v) is 6.96. The normalized spacial score (nSPS) is 37.0. The van der Waals surface area contributed by atoms with Gasteiger partial charge < -0.3 is 5.32 Å². The highest BCUT2D eigenvalue weighted by Crippen LogP contribution is 2.55. The lowest BCUT2D eigenvalue weighted by atomic mass is 9.53.